The van der Waals surface area contributed by atoms with Gasteiger partial charge in [0.25, 0.3) is 5.56 Å². The van der Waals surface area contributed by atoms with Crippen LogP contribution in [0.15, 0.2) is 21.5 Å². The summed E-state index contributed by atoms with van der Waals surface area (Å²) in [5.41, 5.74) is 0.788. The van der Waals surface area contributed by atoms with Crippen LogP contribution < -0.4 is 10.9 Å². The van der Waals surface area contributed by atoms with Crippen molar-refractivity contribution >= 4 is 51.1 Å². The molecule has 1 amide bonds. The highest BCUT2D eigenvalue weighted by Gasteiger charge is 2.29. The van der Waals surface area contributed by atoms with Crippen LogP contribution in [0.2, 0.25) is 0 Å². The Morgan fingerprint density at radius 2 is 2.29 bits per heavy atom. The number of ether oxygens (including phenoxy) is 1. The fourth-order valence-electron chi connectivity index (χ4n) is 2.90. The van der Waals surface area contributed by atoms with Crippen LogP contribution in [0.1, 0.15) is 25.1 Å². The zero-order valence-corrected chi connectivity index (χ0v) is 16.4. The molecule has 2 N–H and O–H groups in total. The lowest BCUT2D eigenvalue weighted by Gasteiger charge is -2.12. The summed E-state index contributed by atoms with van der Waals surface area (Å²) in [5, 5.41) is 12.4. The Hall–Kier alpha value is -2.73. The van der Waals surface area contributed by atoms with Crippen LogP contribution in [-0.2, 0) is 20.7 Å². The second-order valence-corrected chi connectivity index (χ2v) is 7.89. The normalized spacial score (nSPS) is 15.5. The number of aromatic amines is 1. The summed E-state index contributed by atoms with van der Waals surface area (Å²) in [7, 11) is 0. The molecule has 0 saturated heterocycles. The number of carbonyl (C=O) groups excluding carboxylic acids is 2. The standard InChI is InChI=1S/C16H16N6O4S2/c1-2-26-12(24)3-8-6-27-15(18-8)19-11(23)4-9-7-28-16-20-13-10(5-17-21-13)14(25)22(9)16/h5-6,9H,2-4,7H2,1H3,(H,17,21)(H,18,19,23). The number of hydrogen-bond donors (Lipinski definition) is 2. The molecule has 0 fully saturated rings. The molecule has 0 radical (unpaired) electrons. The zero-order chi connectivity index (χ0) is 19.7. The number of aromatic nitrogens is 5. The van der Waals surface area contributed by atoms with Gasteiger partial charge in [0.2, 0.25) is 5.91 Å². The van der Waals surface area contributed by atoms with Crippen molar-refractivity contribution in [1.29, 1.82) is 0 Å². The summed E-state index contributed by atoms with van der Waals surface area (Å²) in [5.74, 6) is -0.0285. The Morgan fingerprint density at radius 1 is 1.43 bits per heavy atom. The van der Waals surface area contributed by atoms with E-state index in [9.17, 15) is 14.4 Å². The molecule has 1 unspecified atom stereocenters. The average molecular weight is 420 g/mol. The van der Waals surface area contributed by atoms with Gasteiger partial charge < -0.3 is 10.1 Å². The highest BCUT2D eigenvalue weighted by Crippen LogP contribution is 2.33. The fourth-order valence-corrected chi connectivity index (χ4v) is 4.76. The van der Waals surface area contributed by atoms with Crippen molar-refractivity contribution in [2.75, 3.05) is 17.7 Å². The number of thiazole rings is 1. The van der Waals surface area contributed by atoms with Crippen molar-refractivity contribution in [2.45, 2.75) is 31.0 Å². The molecule has 3 aromatic rings. The van der Waals surface area contributed by atoms with E-state index in [2.05, 4.69) is 25.5 Å². The van der Waals surface area contributed by atoms with Gasteiger partial charge >= 0.3 is 5.97 Å². The second kappa shape index (κ2) is 7.72. The number of fused-ring (bicyclic) bond motifs is 2. The van der Waals surface area contributed by atoms with Crippen LogP contribution in [-0.4, -0.2) is 49.0 Å². The van der Waals surface area contributed by atoms with Gasteiger partial charge in [0.1, 0.15) is 5.39 Å². The van der Waals surface area contributed by atoms with E-state index < -0.39 is 0 Å². The van der Waals surface area contributed by atoms with E-state index >= 15 is 0 Å². The molecule has 12 heteroatoms. The van der Waals surface area contributed by atoms with E-state index in [1.54, 1.807) is 16.9 Å². The van der Waals surface area contributed by atoms with Gasteiger partial charge in [-0.15, -0.1) is 11.3 Å². The Bertz CT molecular complexity index is 1100. The third-order valence-corrected chi connectivity index (χ3v) is 6.01. The number of thioether (sulfide) groups is 1. The quantitative estimate of drug-likeness (QED) is 0.451. The number of esters is 1. The summed E-state index contributed by atoms with van der Waals surface area (Å²) in [6, 6.07) is -0.293. The van der Waals surface area contributed by atoms with Gasteiger partial charge in [0, 0.05) is 17.6 Å². The molecule has 1 aliphatic rings. The van der Waals surface area contributed by atoms with Crippen molar-refractivity contribution in [1.82, 2.24) is 24.7 Å². The van der Waals surface area contributed by atoms with Crippen LogP contribution in [0.4, 0.5) is 5.13 Å². The lowest BCUT2D eigenvalue weighted by Crippen LogP contribution is -2.27. The number of nitrogens with zero attached hydrogens (tertiary/aromatic N) is 4. The number of nitrogens with one attached hydrogen (secondary N) is 2. The predicted molar refractivity (Wildman–Crippen MR) is 104 cm³/mol. The molecule has 0 aliphatic carbocycles. The number of anilines is 1. The topological polar surface area (TPSA) is 132 Å². The number of hydrogen-bond acceptors (Lipinski definition) is 9. The van der Waals surface area contributed by atoms with Crippen LogP contribution in [0.25, 0.3) is 11.0 Å². The maximum atomic E-state index is 12.7. The largest absolute Gasteiger partial charge is 0.466 e. The van der Waals surface area contributed by atoms with Crippen LogP contribution in [0.5, 0.6) is 0 Å². The third kappa shape index (κ3) is 3.64. The molecule has 0 spiro atoms. The summed E-state index contributed by atoms with van der Waals surface area (Å²) in [6.07, 6.45) is 1.63. The van der Waals surface area contributed by atoms with Crippen molar-refractivity contribution in [3.8, 4) is 0 Å². The predicted octanol–water partition coefficient (Wildman–Crippen LogP) is 1.36. The summed E-state index contributed by atoms with van der Waals surface area (Å²) >= 11 is 2.67. The van der Waals surface area contributed by atoms with E-state index in [1.807, 2.05) is 0 Å². The zero-order valence-electron chi connectivity index (χ0n) is 14.8. The van der Waals surface area contributed by atoms with Crippen LogP contribution in [0, 0.1) is 0 Å². The molecule has 3 aromatic heterocycles. The minimum atomic E-state index is -0.359. The van der Waals surface area contributed by atoms with Gasteiger partial charge in [0.15, 0.2) is 15.9 Å². The number of amides is 1. The van der Waals surface area contributed by atoms with Gasteiger partial charge in [-0.05, 0) is 6.92 Å². The molecule has 28 heavy (non-hydrogen) atoms. The van der Waals surface area contributed by atoms with Gasteiger partial charge in [-0.1, -0.05) is 11.8 Å². The molecule has 146 valence electrons. The maximum Gasteiger partial charge on any atom is 0.311 e. The highest BCUT2D eigenvalue weighted by atomic mass is 32.2. The molecular formula is C16H16N6O4S2. The summed E-state index contributed by atoms with van der Waals surface area (Å²) < 4.78 is 6.44. The van der Waals surface area contributed by atoms with Crippen LogP contribution >= 0.6 is 23.1 Å². The Morgan fingerprint density at radius 3 is 3.11 bits per heavy atom. The second-order valence-electron chi connectivity index (χ2n) is 6.04. The molecule has 0 aromatic carbocycles. The first-order valence-corrected chi connectivity index (χ1v) is 10.4. The van der Waals surface area contributed by atoms with Crippen molar-refractivity contribution in [3.05, 3.63) is 27.6 Å². The van der Waals surface area contributed by atoms with Gasteiger partial charge in [0.05, 0.1) is 31.0 Å². The third-order valence-electron chi connectivity index (χ3n) is 4.10. The lowest BCUT2D eigenvalue weighted by atomic mass is 10.2. The van der Waals surface area contributed by atoms with Crippen molar-refractivity contribution in [3.63, 3.8) is 0 Å². The SMILES string of the molecule is CCOC(=O)Cc1csc(NC(=O)CC2CSc3nc4[nH]ncc4c(=O)n32)n1. The van der Waals surface area contributed by atoms with Gasteiger partial charge in [-0.25, -0.2) is 9.97 Å². The molecule has 0 saturated carbocycles. The first-order chi connectivity index (χ1) is 13.5. The minimum Gasteiger partial charge on any atom is -0.466 e. The molecule has 4 heterocycles. The summed E-state index contributed by atoms with van der Waals surface area (Å²) in [6.45, 7) is 2.05. The monoisotopic (exact) mass is 420 g/mol. The van der Waals surface area contributed by atoms with E-state index in [4.69, 9.17) is 4.74 Å². The van der Waals surface area contributed by atoms with Gasteiger partial charge in [-0.2, -0.15) is 5.10 Å². The van der Waals surface area contributed by atoms with Crippen LogP contribution in [0.3, 0.4) is 0 Å². The highest BCUT2D eigenvalue weighted by molar-refractivity contribution is 7.99. The fraction of sp³-hybridized carbons (Fsp3) is 0.375. The minimum absolute atomic E-state index is 0.0641. The smallest absolute Gasteiger partial charge is 0.311 e. The van der Waals surface area contributed by atoms with E-state index in [0.717, 1.165) is 0 Å². The van der Waals surface area contributed by atoms with E-state index in [0.29, 0.717) is 39.4 Å². The Kier molecular flexibility index (Phi) is 5.13. The average Bonchev–Trinajstić information content (AvgIpc) is 3.36. The Labute approximate surface area is 166 Å². The maximum absolute atomic E-state index is 12.7. The molecule has 4 rings (SSSR count). The number of rotatable bonds is 6. The number of H-pyrrole nitrogens is 1. The first-order valence-electron chi connectivity index (χ1n) is 8.53. The van der Waals surface area contributed by atoms with Crippen molar-refractivity contribution < 1.29 is 14.3 Å². The molecule has 10 nitrogen and oxygen atoms in total. The summed E-state index contributed by atoms with van der Waals surface area (Å²) in [4.78, 5) is 45.2. The molecule has 0 bridgehead atoms. The first kappa shape index (κ1) is 18.6. The molecular weight excluding hydrogens is 404 g/mol. The molecule has 1 aliphatic heterocycles. The van der Waals surface area contributed by atoms with Crippen molar-refractivity contribution in [2.24, 2.45) is 0 Å². The lowest BCUT2D eigenvalue weighted by molar-refractivity contribution is -0.142. The number of carbonyl (C=O) groups is 2. The van der Waals surface area contributed by atoms with E-state index in [1.165, 1.54) is 29.3 Å². The van der Waals surface area contributed by atoms with Gasteiger partial charge in [-0.3, -0.25) is 24.0 Å². The van der Waals surface area contributed by atoms with E-state index in [-0.39, 0.29) is 36.3 Å². The Balaban J connectivity index is 1.43. The molecule has 1 atom stereocenters.